The van der Waals surface area contributed by atoms with Gasteiger partial charge in [-0.3, -0.25) is 4.79 Å². The highest BCUT2D eigenvalue weighted by atomic mass is 19.4. The van der Waals surface area contributed by atoms with Gasteiger partial charge in [-0.05, 0) is 12.5 Å². The van der Waals surface area contributed by atoms with Gasteiger partial charge in [0.15, 0.2) is 0 Å². The lowest BCUT2D eigenvalue weighted by atomic mass is 10.0. The fourth-order valence-corrected chi connectivity index (χ4v) is 1.41. The second-order valence-corrected chi connectivity index (χ2v) is 3.62. The van der Waals surface area contributed by atoms with Crippen LogP contribution >= 0.6 is 0 Å². The Morgan fingerprint density at radius 3 is 2.11 bits per heavy atom. The van der Waals surface area contributed by atoms with E-state index in [1.807, 2.05) is 0 Å². The molecule has 1 rings (SSSR count). The lowest BCUT2D eigenvalue weighted by molar-refractivity contribution is -0.172. The summed E-state index contributed by atoms with van der Waals surface area (Å²) in [5, 5.41) is 10.6. The molecule has 0 heterocycles. The molecule has 0 aliphatic rings. The minimum atomic E-state index is -5.07. The molecule has 0 saturated carbocycles. The van der Waals surface area contributed by atoms with E-state index < -0.39 is 23.6 Å². The molecule has 0 aliphatic heterocycles. The Kier molecular flexibility index (Phi) is 4.31. The first-order valence-electron chi connectivity index (χ1n) is 5.11. The van der Waals surface area contributed by atoms with Gasteiger partial charge in [-0.2, -0.15) is 13.2 Å². The van der Waals surface area contributed by atoms with Crippen molar-refractivity contribution in [2.24, 2.45) is 0 Å². The number of halogens is 3. The number of alkyl halides is 3. The quantitative estimate of drug-likeness (QED) is 0.829. The number of carboxylic acid groups (broad SMARTS) is 1. The third-order valence-corrected chi connectivity index (χ3v) is 2.21. The van der Waals surface area contributed by atoms with Gasteiger partial charge in [0.1, 0.15) is 0 Å². The van der Waals surface area contributed by atoms with Gasteiger partial charge in [-0.1, -0.05) is 30.3 Å². The van der Waals surface area contributed by atoms with Gasteiger partial charge < -0.3 is 10.4 Å². The summed E-state index contributed by atoms with van der Waals surface area (Å²) in [7, 11) is 0. The number of aliphatic carboxylic acids is 1. The summed E-state index contributed by atoms with van der Waals surface area (Å²) in [6.45, 7) is 1.10. The fourth-order valence-electron chi connectivity index (χ4n) is 1.41. The normalized spacial score (nSPS) is 12.6. The highest BCUT2D eigenvalue weighted by molar-refractivity contribution is 6.16. The smallest absolute Gasteiger partial charge is 0.471 e. The first-order chi connectivity index (χ1) is 8.73. The lowest BCUT2D eigenvalue weighted by Gasteiger charge is -2.11. The van der Waals surface area contributed by atoms with Crippen LogP contribution in [0.4, 0.5) is 13.2 Å². The predicted octanol–water partition coefficient (Wildman–Crippen LogP) is 2.18. The molecule has 4 nitrogen and oxygen atoms in total. The number of carbonyl (C=O) groups excluding carboxylic acids is 1. The summed E-state index contributed by atoms with van der Waals surface area (Å²) in [5.41, 5.74) is -0.561. The molecule has 0 bridgehead atoms. The number of carbonyl (C=O) groups is 2. The van der Waals surface area contributed by atoms with Crippen LogP contribution in [-0.2, 0) is 9.59 Å². The van der Waals surface area contributed by atoms with Crippen LogP contribution < -0.4 is 5.32 Å². The first kappa shape index (κ1) is 14.7. The Hall–Kier alpha value is -2.31. The van der Waals surface area contributed by atoms with Crippen LogP contribution in [0.25, 0.3) is 5.57 Å². The zero-order valence-electron chi connectivity index (χ0n) is 9.78. The molecule has 102 valence electrons. The molecule has 0 saturated heterocycles. The Labute approximate surface area is 106 Å². The van der Waals surface area contributed by atoms with Crippen LogP contribution in [0.2, 0.25) is 0 Å². The molecule has 1 aromatic carbocycles. The minimum absolute atomic E-state index is 0.204. The van der Waals surface area contributed by atoms with Crippen molar-refractivity contribution in [1.29, 1.82) is 0 Å². The van der Waals surface area contributed by atoms with Crippen LogP contribution in [-0.4, -0.2) is 23.2 Å². The topological polar surface area (TPSA) is 66.4 Å². The van der Waals surface area contributed by atoms with E-state index in [0.29, 0.717) is 0 Å². The molecule has 1 aromatic rings. The van der Waals surface area contributed by atoms with E-state index in [0.717, 1.165) is 6.92 Å². The maximum Gasteiger partial charge on any atom is 0.471 e. The van der Waals surface area contributed by atoms with Gasteiger partial charge in [0.2, 0.25) is 0 Å². The molecule has 0 aliphatic carbocycles. The number of amides is 1. The highest BCUT2D eigenvalue weighted by Gasteiger charge is 2.39. The standard InChI is InChI=1S/C12H10F3NO3/c1-7(16-11(19)12(13,14)15)9(10(17)18)8-5-3-2-4-6-8/h2-6H,1H3,(H,16,19)(H,17,18)/b9-7+. The van der Waals surface area contributed by atoms with Gasteiger partial charge >= 0.3 is 18.1 Å². The van der Waals surface area contributed by atoms with Crippen LogP contribution in [0.5, 0.6) is 0 Å². The summed E-state index contributed by atoms with van der Waals surface area (Å²) in [5.74, 6) is -3.63. The average Bonchev–Trinajstić information content (AvgIpc) is 2.28. The number of allylic oxidation sites excluding steroid dienone is 1. The van der Waals surface area contributed by atoms with Crippen molar-refractivity contribution in [3.63, 3.8) is 0 Å². The maximum atomic E-state index is 12.1. The van der Waals surface area contributed by atoms with Crippen LogP contribution in [0.3, 0.4) is 0 Å². The van der Waals surface area contributed by atoms with Gasteiger partial charge in [-0.15, -0.1) is 0 Å². The molecular weight excluding hydrogens is 263 g/mol. The largest absolute Gasteiger partial charge is 0.478 e. The highest BCUT2D eigenvalue weighted by Crippen LogP contribution is 2.20. The number of carboxylic acids is 1. The summed E-state index contributed by atoms with van der Waals surface area (Å²) in [6.07, 6.45) is -5.07. The van der Waals surface area contributed by atoms with E-state index >= 15 is 0 Å². The lowest BCUT2D eigenvalue weighted by Crippen LogP contribution is -2.36. The molecule has 7 heteroatoms. The van der Waals surface area contributed by atoms with E-state index in [9.17, 15) is 22.8 Å². The maximum absolute atomic E-state index is 12.1. The first-order valence-corrected chi connectivity index (χ1v) is 5.11. The number of hydrogen-bond donors (Lipinski definition) is 2. The molecule has 0 aromatic heterocycles. The summed E-state index contributed by atoms with van der Waals surface area (Å²) >= 11 is 0. The van der Waals surface area contributed by atoms with Crippen LogP contribution in [0, 0.1) is 0 Å². The van der Waals surface area contributed by atoms with E-state index in [4.69, 9.17) is 5.11 Å². The number of benzene rings is 1. The molecule has 2 N–H and O–H groups in total. The fraction of sp³-hybridized carbons (Fsp3) is 0.167. The van der Waals surface area contributed by atoms with Crippen molar-refractivity contribution >= 4 is 17.4 Å². The Bertz CT molecular complexity index is 521. The summed E-state index contributed by atoms with van der Waals surface area (Å²) in [4.78, 5) is 21.9. The molecule has 0 atom stereocenters. The number of nitrogens with one attached hydrogen (secondary N) is 1. The Balaban J connectivity index is 3.14. The summed E-state index contributed by atoms with van der Waals surface area (Å²) < 4.78 is 36.3. The van der Waals surface area contributed by atoms with E-state index in [1.165, 1.54) is 29.6 Å². The van der Waals surface area contributed by atoms with Crippen molar-refractivity contribution in [2.75, 3.05) is 0 Å². The summed E-state index contributed by atoms with van der Waals surface area (Å²) in [6, 6.07) is 7.56. The molecule has 19 heavy (non-hydrogen) atoms. The van der Waals surface area contributed by atoms with Gasteiger partial charge in [0.05, 0.1) is 5.57 Å². The van der Waals surface area contributed by atoms with Crippen molar-refractivity contribution in [1.82, 2.24) is 5.32 Å². The molecule has 0 unspecified atom stereocenters. The molecule has 0 fully saturated rings. The number of rotatable bonds is 3. The zero-order valence-corrected chi connectivity index (χ0v) is 9.78. The average molecular weight is 273 g/mol. The minimum Gasteiger partial charge on any atom is -0.478 e. The zero-order chi connectivity index (χ0) is 14.6. The second kappa shape index (κ2) is 5.55. The Morgan fingerprint density at radius 2 is 1.68 bits per heavy atom. The van der Waals surface area contributed by atoms with Gasteiger partial charge in [0, 0.05) is 5.70 Å². The van der Waals surface area contributed by atoms with E-state index in [2.05, 4.69) is 0 Å². The van der Waals surface area contributed by atoms with Crippen molar-refractivity contribution < 1.29 is 27.9 Å². The second-order valence-electron chi connectivity index (χ2n) is 3.62. The van der Waals surface area contributed by atoms with Gasteiger partial charge in [-0.25, -0.2) is 4.79 Å². The molecule has 1 amide bonds. The van der Waals surface area contributed by atoms with Crippen molar-refractivity contribution in [2.45, 2.75) is 13.1 Å². The monoisotopic (exact) mass is 273 g/mol. The van der Waals surface area contributed by atoms with Crippen LogP contribution in [0.15, 0.2) is 36.0 Å². The molecular formula is C12H10F3NO3. The Morgan fingerprint density at radius 1 is 1.16 bits per heavy atom. The molecule has 0 spiro atoms. The third kappa shape index (κ3) is 3.84. The SMILES string of the molecule is C/C(NC(=O)C(F)(F)F)=C(\C(=O)O)c1ccccc1. The number of hydrogen-bond acceptors (Lipinski definition) is 2. The predicted molar refractivity (Wildman–Crippen MR) is 60.9 cm³/mol. The van der Waals surface area contributed by atoms with Crippen LogP contribution in [0.1, 0.15) is 12.5 Å². The third-order valence-electron chi connectivity index (χ3n) is 2.21. The van der Waals surface area contributed by atoms with E-state index in [-0.39, 0.29) is 11.3 Å². The van der Waals surface area contributed by atoms with Gasteiger partial charge in [0.25, 0.3) is 0 Å². The molecule has 0 radical (unpaired) electrons. The van der Waals surface area contributed by atoms with Crippen molar-refractivity contribution in [3.8, 4) is 0 Å². The van der Waals surface area contributed by atoms with E-state index in [1.54, 1.807) is 6.07 Å². The van der Waals surface area contributed by atoms with Crippen molar-refractivity contribution in [3.05, 3.63) is 41.6 Å².